The van der Waals surface area contributed by atoms with Crippen LogP contribution in [0.3, 0.4) is 0 Å². The smallest absolute Gasteiger partial charge is 0.255 e. The highest BCUT2D eigenvalue weighted by Gasteiger charge is 2.26. The van der Waals surface area contributed by atoms with Crippen LogP contribution in [-0.2, 0) is 11.3 Å². The number of amides is 1. The Bertz CT molecular complexity index is 852. The van der Waals surface area contributed by atoms with E-state index in [-0.39, 0.29) is 5.91 Å². The number of thioether (sulfide) groups is 1. The minimum absolute atomic E-state index is 0.132. The molecule has 2 aliphatic rings. The van der Waals surface area contributed by atoms with Crippen LogP contribution in [0.4, 0.5) is 0 Å². The quantitative estimate of drug-likeness (QED) is 0.551. The number of hydrogen-bond acceptors (Lipinski definition) is 5. The van der Waals surface area contributed by atoms with Gasteiger partial charge in [-0.15, -0.1) is 11.8 Å². The summed E-state index contributed by atoms with van der Waals surface area (Å²) in [7, 11) is 1.70. The molecule has 0 saturated carbocycles. The van der Waals surface area contributed by atoms with Crippen LogP contribution in [0.1, 0.15) is 15.9 Å². The van der Waals surface area contributed by atoms with Crippen LogP contribution >= 0.6 is 11.8 Å². The zero-order valence-corrected chi connectivity index (χ0v) is 17.5. The highest BCUT2D eigenvalue weighted by Crippen LogP contribution is 2.32. The van der Waals surface area contributed by atoms with Gasteiger partial charge >= 0.3 is 0 Å². The second-order valence-electron chi connectivity index (χ2n) is 7.24. The van der Waals surface area contributed by atoms with Crippen molar-refractivity contribution in [2.75, 3.05) is 52.4 Å². The number of rotatable bonds is 7. The molecule has 1 fully saturated rings. The third kappa shape index (κ3) is 4.86. The lowest BCUT2D eigenvalue weighted by Gasteiger charge is -2.32. The van der Waals surface area contributed by atoms with Crippen LogP contribution < -0.4 is 14.4 Å². The molecule has 1 N–H and O–H groups in total. The van der Waals surface area contributed by atoms with Crippen molar-refractivity contribution in [2.45, 2.75) is 11.4 Å². The number of nitrogens with zero attached hydrogens (tertiary/aromatic N) is 1. The summed E-state index contributed by atoms with van der Waals surface area (Å²) in [6.45, 7) is 5.35. The largest absolute Gasteiger partial charge is 0.454 e. The fourth-order valence-corrected chi connectivity index (χ4v) is 4.67. The zero-order valence-electron chi connectivity index (χ0n) is 16.7. The first-order valence-corrected chi connectivity index (χ1v) is 11.0. The number of ether oxygens (including phenoxy) is 3. The molecular formula is C22H27N2O4S+. The standard InChI is InChI=1S/C22H26N2O4S/c1-26-12-13-29-21-5-3-2-4-18(21)22(25)24-10-8-23(9-11-24)15-17-6-7-19-20(14-17)28-16-27-19/h2-7,14H,8-13,15-16H2,1H3/p+1. The second kappa shape index (κ2) is 9.52. The Morgan fingerprint density at radius 1 is 1.14 bits per heavy atom. The van der Waals surface area contributed by atoms with E-state index in [1.54, 1.807) is 18.9 Å². The minimum Gasteiger partial charge on any atom is -0.454 e. The first-order chi connectivity index (χ1) is 14.2. The van der Waals surface area contributed by atoms with Crippen LogP contribution in [0, 0.1) is 0 Å². The van der Waals surface area contributed by atoms with E-state index in [9.17, 15) is 4.79 Å². The van der Waals surface area contributed by atoms with Gasteiger partial charge in [0.05, 0.1) is 38.3 Å². The SMILES string of the molecule is COCCSc1ccccc1C(=O)N1CC[NH+](Cc2ccc3c(c2)OCO3)CC1. The molecule has 2 aromatic rings. The number of methoxy groups -OCH3 is 1. The van der Waals surface area contributed by atoms with Gasteiger partial charge in [-0.1, -0.05) is 12.1 Å². The zero-order chi connectivity index (χ0) is 20.1. The molecule has 0 unspecified atom stereocenters. The second-order valence-corrected chi connectivity index (χ2v) is 8.38. The fraction of sp³-hybridized carbons (Fsp3) is 0.409. The van der Waals surface area contributed by atoms with Gasteiger partial charge in [0.25, 0.3) is 5.91 Å². The summed E-state index contributed by atoms with van der Waals surface area (Å²) < 4.78 is 16.0. The Morgan fingerprint density at radius 3 is 2.76 bits per heavy atom. The monoisotopic (exact) mass is 415 g/mol. The van der Waals surface area contributed by atoms with Gasteiger partial charge in [-0.3, -0.25) is 4.79 Å². The van der Waals surface area contributed by atoms with E-state index in [1.807, 2.05) is 35.2 Å². The van der Waals surface area contributed by atoms with E-state index in [1.165, 1.54) is 10.5 Å². The number of piperazine rings is 1. The van der Waals surface area contributed by atoms with E-state index >= 15 is 0 Å². The van der Waals surface area contributed by atoms with Crippen molar-refractivity contribution in [3.8, 4) is 11.5 Å². The van der Waals surface area contributed by atoms with Crippen LogP contribution in [0.5, 0.6) is 11.5 Å². The Labute approximate surface area is 175 Å². The molecule has 1 saturated heterocycles. The predicted octanol–water partition coefficient (Wildman–Crippen LogP) is 1.69. The van der Waals surface area contributed by atoms with E-state index in [2.05, 4.69) is 12.1 Å². The molecule has 0 aliphatic carbocycles. The maximum absolute atomic E-state index is 13.1. The summed E-state index contributed by atoms with van der Waals surface area (Å²) >= 11 is 1.68. The third-order valence-electron chi connectivity index (χ3n) is 5.31. The van der Waals surface area contributed by atoms with Gasteiger partial charge in [0, 0.05) is 23.3 Å². The van der Waals surface area contributed by atoms with Crippen molar-refractivity contribution in [1.82, 2.24) is 4.90 Å². The number of nitrogens with one attached hydrogen (secondary N) is 1. The molecule has 0 spiro atoms. The van der Waals surface area contributed by atoms with Gasteiger partial charge < -0.3 is 24.0 Å². The molecule has 2 aromatic carbocycles. The number of carbonyl (C=O) groups is 1. The Hall–Kier alpha value is -2.22. The molecule has 4 rings (SSSR count). The van der Waals surface area contributed by atoms with E-state index in [0.717, 1.165) is 60.4 Å². The van der Waals surface area contributed by atoms with Gasteiger partial charge in [0.1, 0.15) is 6.54 Å². The van der Waals surface area contributed by atoms with Crippen LogP contribution in [0.15, 0.2) is 47.4 Å². The lowest BCUT2D eigenvalue weighted by molar-refractivity contribution is -0.917. The molecule has 2 aliphatic heterocycles. The van der Waals surface area contributed by atoms with Crippen molar-refractivity contribution < 1.29 is 23.9 Å². The lowest BCUT2D eigenvalue weighted by Crippen LogP contribution is -3.13. The molecule has 6 nitrogen and oxygen atoms in total. The molecule has 7 heteroatoms. The van der Waals surface area contributed by atoms with E-state index in [0.29, 0.717) is 13.4 Å². The number of benzene rings is 2. The maximum atomic E-state index is 13.1. The van der Waals surface area contributed by atoms with E-state index in [4.69, 9.17) is 14.2 Å². The molecule has 2 heterocycles. The molecule has 0 aromatic heterocycles. The topological polar surface area (TPSA) is 52.4 Å². The van der Waals surface area contributed by atoms with Crippen molar-refractivity contribution in [3.05, 3.63) is 53.6 Å². The number of fused-ring (bicyclic) bond motifs is 1. The van der Waals surface area contributed by atoms with Crippen molar-refractivity contribution >= 4 is 17.7 Å². The van der Waals surface area contributed by atoms with Crippen LogP contribution in [-0.4, -0.2) is 63.2 Å². The molecule has 154 valence electrons. The van der Waals surface area contributed by atoms with Crippen LogP contribution in [0.2, 0.25) is 0 Å². The Kier molecular flexibility index (Phi) is 6.59. The first-order valence-electron chi connectivity index (χ1n) is 9.97. The third-order valence-corrected chi connectivity index (χ3v) is 6.35. The molecule has 0 radical (unpaired) electrons. The van der Waals surface area contributed by atoms with Crippen molar-refractivity contribution in [1.29, 1.82) is 0 Å². The number of hydrogen-bond donors (Lipinski definition) is 1. The fourth-order valence-electron chi connectivity index (χ4n) is 3.72. The summed E-state index contributed by atoms with van der Waals surface area (Å²) in [6, 6.07) is 14.0. The molecule has 0 bridgehead atoms. The maximum Gasteiger partial charge on any atom is 0.255 e. The van der Waals surface area contributed by atoms with Gasteiger partial charge in [-0.25, -0.2) is 0 Å². The first kappa shape index (κ1) is 20.1. The molecule has 1 amide bonds. The van der Waals surface area contributed by atoms with Gasteiger partial charge in [0.2, 0.25) is 6.79 Å². The summed E-state index contributed by atoms with van der Waals surface area (Å²) in [5.41, 5.74) is 2.04. The Balaban J connectivity index is 1.33. The number of carbonyl (C=O) groups excluding carboxylic acids is 1. The molecule has 29 heavy (non-hydrogen) atoms. The number of quaternary nitrogens is 1. The molecule has 0 atom stereocenters. The minimum atomic E-state index is 0.132. The predicted molar refractivity (Wildman–Crippen MR) is 112 cm³/mol. The van der Waals surface area contributed by atoms with Gasteiger partial charge in [-0.2, -0.15) is 0 Å². The molecular weight excluding hydrogens is 388 g/mol. The highest BCUT2D eigenvalue weighted by atomic mass is 32.2. The van der Waals surface area contributed by atoms with Gasteiger partial charge in [-0.05, 0) is 30.3 Å². The van der Waals surface area contributed by atoms with Crippen molar-refractivity contribution in [2.24, 2.45) is 0 Å². The summed E-state index contributed by atoms with van der Waals surface area (Å²) in [5, 5.41) is 0. The average Bonchev–Trinajstić information content (AvgIpc) is 3.22. The normalized spacial score (nSPS) is 16.2. The summed E-state index contributed by atoms with van der Waals surface area (Å²) in [4.78, 5) is 17.6. The summed E-state index contributed by atoms with van der Waals surface area (Å²) in [5.74, 6) is 2.63. The Morgan fingerprint density at radius 2 is 1.93 bits per heavy atom. The summed E-state index contributed by atoms with van der Waals surface area (Å²) in [6.07, 6.45) is 0. The lowest BCUT2D eigenvalue weighted by atomic mass is 10.1. The van der Waals surface area contributed by atoms with Gasteiger partial charge in [0.15, 0.2) is 11.5 Å². The van der Waals surface area contributed by atoms with E-state index < -0.39 is 0 Å². The average molecular weight is 416 g/mol. The van der Waals surface area contributed by atoms with Crippen LogP contribution in [0.25, 0.3) is 0 Å². The highest BCUT2D eigenvalue weighted by molar-refractivity contribution is 7.99. The van der Waals surface area contributed by atoms with Crippen molar-refractivity contribution in [3.63, 3.8) is 0 Å².